The molecule has 0 aliphatic heterocycles. The molecule has 20 heavy (non-hydrogen) atoms. The Bertz CT molecular complexity index is 703. The number of hydrogen-bond donors (Lipinski definition) is 2. The highest BCUT2D eigenvalue weighted by Crippen LogP contribution is 2.40. The Morgan fingerprint density at radius 1 is 1.50 bits per heavy atom. The van der Waals surface area contributed by atoms with E-state index in [1.165, 1.54) is 0 Å². The third-order valence-electron chi connectivity index (χ3n) is 3.28. The van der Waals surface area contributed by atoms with Gasteiger partial charge in [-0.2, -0.15) is 0 Å². The predicted molar refractivity (Wildman–Crippen MR) is 68.5 cm³/mol. The molecule has 0 saturated heterocycles. The first-order valence-corrected chi connectivity index (χ1v) is 6.33. The van der Waals surface area contributed by atoms with Crippen LogP contribution >= 0.6 is 0 Å². The van der Waals surface area contributed by atoms with Crippen LogP contribution in [0.1, 0.15) is 40.5 Å². The molecule has 2 N–H and O–H groups in total. The number of pyridine rings is 1. The lowest BCUT2D eigenvalue weighted by Gasteiger charge is -2.06. The van der Waals surface area contributed by atoms with E-state index in [2.05, 4.69) is 15.5 Å². The van der Waals surface area contributed by atoms with Gasteiger partial charge in [0.05, 0.1) is 16.6 Å². The number of carboxylic acids is 1. The van der Waals surface area contributed by atoms with Crippen LogP contribution in [0.4, 0.5) is 0 Å². The molecule has 3 rings (SSSR count). The summed E-state index contributed by atoms with van der Waals surface area (Å²) in [5.41, 5.74) is 2.06. The van der Waals surface area contributed by atoms with Crippen molar-refractivity contribution < 1.29 is 19.2 Å². The monoisotopic (exact) mass is 275 g/mol. The first-order chi connectivity index (χ1) is 9.56. The number of fused-ring (bicyclic) bond motifs is 1. The molecule has 7 nitrogen and oxygen atoms in total. The molecule has 104 valence electrons. The number of aryl methyl sites for hydroxylation is 1. The average molecular weight is 275 g/mol. The zero-order valence-corrected chi connectivity index (χ0v) is 10.8. The van der Waals surface area contributed by atoms with Crippen LogP contribution in [-0.4, -0.2) is 33.7 Å². The van der Waals surface area contributed by atoms with Gasteiger partial charge in [-0.1, -0.05) is 5.16 Å². The van der Waals surface area contributed by atoms with E-state index in [1.54, 1.807) is 13.0 Å². The second-order valence-electron chi connectivity index (χ2n) is 4.89. The van der Waals surface area contributed by atoms with Gasteiger partial charge in [-0.25, -0.2) is 4.98 Å². The number of nitrogens with zero attached hydrogens (tertiary/aromatic N) is 2. The van der Waals surface area contributed by atoms with Crippen LogP contribution < -0.4 is 5.32 Å². The maximum Gasteiger partial charge on any atom is 0.322 e. The molecule has 2 aromatic rings. The quantitative estimate of drug-likeness (QED) is 0.869. The van der Waals surface area contributed by atoms with Gasteiger partial charge < -0.3 is 14.9 Å². The van der Waals surface area contributed by atoms with Gasteiger partial charge >= 0.3 is 5.97 Å². The Balaban J connectivity index is 2.04. The van der Waals surface area contributed by atoms with Gasteiger partial charge in [0.1, 0.15) is 6.54 Å². The van der Waals surface area contributed by atoms with Crippen LogP contribution in [0, 0.1) is 6.92 Å². The van der Waals surface area contributed by atoms with Crippen molar-refractivity contribution in [2.45, 2.75) is 25.7 Å². The van der Waals surface area contributed by atoms with E-state index in [0.717, 1.165) is 18.5 Å². The fraction of sp³-hybridized carbons (Fsp3) is 0.385. The zero-order valence-electron chi connectivity index (χ0n) is 10.8. The van der Waals surface area contributed by atoms with E-state index in [-0.39, 0.29) is 0 Å². The number of carbonyl (C=O) groups excluding carboxylic acids is 1. The number of aromatic nitrogens is 2. The molecule has 0 atom stereocenters. The first kappa shape index (κ1) is 12.6. The van der Waals surface area contributed by atoms with Gasteiger partial charge in [-0.15, -0.1) is 0 Å². The van der Waals surface area contributed by atoms with Crippen LogP contribution in [0.15, 0.2) is 10.6 Å². The van der Waals surface area contributed by atoms with Crippen molar-refractivity contribution in [3.63, 3.8) is 0 Å². The molecular weight excluding hydrogens is 262 g/mol. The van der Waals surface area contributed by atoms with Crippen LogP contribution in [0.2, 0.25) is 0 Å². The van der Waals surface area contributed by atoms with Crippen molar-refractivity contribution in [2.75, 3.05) is 6.54 Å². The minimum atomic E-state index is -1.09. The number of nitrogens with one attached hydrogen (secondary N) is 1. The summed E-state index contributed by atoms with van der Waals surface area (Å²) in [7, 11) is 0. The minimum absolute atomic E-state index is 0.326. The number of amides is 1. The Kier molecular flexibility index (Phi) is 2.89. The normalized spacial score (nSPS) is 14.4. The second-order valence-corrected chi connectivity index (χ2v) is 4.89. The Labute approximate surface area is 114 Å². The smallest absolute Gasteiger partial charge is 0.322 e. The summed E-state index contributed by atoms with van der Waals surface area (Å²) in [5, 5.41) is 15.4. The Morgan fingerprint density at radius 3 is 2.90 bits per heavy atom. The van der Waals surface area contributed by atoms with Gasteiger partial charge in [0.15, 0.2) is 0 Å². The SMILES string of the molecule is Cc1noc2nc(C3CC3)cc(C(=O)NCC(=O)O)c12. The number of carboxylic acid groups (broad SMARTS) is 1. The summed E-state index contributed by atoms with van der Waals surface area (Å²) in [6.45, 7) is 1.30. The van der Waals surface area contributed by atoms with Gasteiger partial charge in [0.25, 0.3) is 11.6 Å². The summed E-state index contributed by atoms with van der Waals surface area (Å²) in [6, 6.07) is 1.71. The molecule has 2 aromatic heterocycles. The van der Waals surface area contributed by atoms with Gasteiger partial charge in [-0.3, -0.25) is 9.59 Å². The number of hydrogen-bond acceptors (Lipinski definition) is 5. The molecule has 2 heterocycles. The lowest BCUT2D eigenvalue weighted by molar-refractivity contribution is -0.135. The minimum Gasteiger partial charge on any atom is -0.480 e. The standard InChI is InChI=1S/C13H13N3O4/c1-6-11-8(12(19)14-5-10(17)18)4-9(7-2-3-7)15-13(11)20-16-6/h4,7H,2-3,5H2,1H3,(H,14,19)(H,17,18). The molecule has 0 radical (unpaired) electrons. The van der Waals surface area contributed by atoms with Crippen LogP contribution in [-0.2, 0) is 4.79 Å². The Morgan fingerprint density at radius 2 is 2.25 bits per heavy atom. The van der Waals surface area contributed by atoms with Crippen molar-refractivity contribution in [2.24, 2.45) is 0 Å². The molecule has 1 amide bonds. The highest BCUT2D eigenvalue weighted by Gasteiger charge is 2.28. The largest absolute Gasteiger partial charge is 0.480 e. The molecule has 1 aliphatic carbocycles. The van der Waals surface area contributed by atoms with E-state index in [4.69, 9.17) is 9.63 Å². The molecule has 0 unspecified atom stereocenters. The molecule has 0 aromatic carbocycles. The molecule has 1 aliphatic rings. The predicted octanol–water partition coefficient (Wildman–Crippen LogP) is 1.22. The fourth-order valence-corrected chi connectivity index (χ4v) is 2.13. The molecule has 1 fully saturated rings. The summed E-state index contributed by atoms with van der Waals surface area (Å²) in [5.74, 6) is -1.18. The topological polar surface area (TPSA) is 105 Å². The zero-order chi connectivity index (χ0) is 14.3. The highest BCUT2D eigenvalue weighted by molar-refractivity contribution is 6.06. The first-order valence-electron chi connectivity index (χ1n) is 6.33. The van der Waals surface area contributed by atoms with Crippen LogP contribution in [0.5, 0.6) is 0 Å². The van der Waals surface area contributed by atoms with Crippen molar-refractivity contribution in [1.29, 1.82) is 0 Å². The van der Waals surface area contributed by atoms with Crippen molar-refractivity contribution in [1.82, 2.24) is 15.5 Å². The number of aliphatic carboxylic acids is 1. The lowest BCUT2D eigenvalue weighted by Crippen LogP contribution is -2.29. The summed E-state index contributed by atoms with van der Waals surface area (Å²) in [6.07, 6.45) is 2.09. The van der Waals surface area contributed by atoms with Crippen LogP contribution in [0.3, 0.4) is 0 Å². The van der Waals surface area contributed by atoms with Gasteiger partial charge in [0, 0.05) is 11.6 Å². The van der Waals surface area contributed by atoms with E-state index in [0.29, 0.717) is 28.3 Å². The van der Waals surface area contributed by atoms with E-state index >= 15 is 0 Å². The second kappa shape index (κ2) is 4.59. The molecule has 0 spiro atoms. The summed E-state index contributed by atoms with van der Waals surface area (Å²) in [4.78, 5) is 27.1. The maximum absolute atomic E-state index is 12.1. The fourth-order valence-electron chi connectivity index (χ4n) is 2.13. The lowest BCUT2D eigenvalue weighted by atomic mass is 10.1. The van der Waals surface area contributed by atoms with Gasteiger partial charge in [-0.05, 0) is 25.8 Å². The van der Waals surface area contributed by atoms with Gasteiger partial charge in [0.2, 0.25) is 0 Å². The van der Waals surface area contributed by atoms with Crippen molar-refractivity contribution in [3.05, 3.63) is 23.0 Å². The number of carbonyl (C=O) groups is 2. The van der Waals surface area contributed by atoms with Crippen molar-refractivity contribution >= 4 is 23.0 Å². The molecule has 0 bridgehead atoms. The Hall–Kier alpha value is -2.44. The molecular formula is C13H13N3O4. The maximum atomic E-state index is 12.1. The van der Waals surface area contributed by atoms with Crippen molar-refractivity contribution in [3.8, 4) is 0 Å². The highest BCUT2D eigenvalue weighted by atomic mass is 16.5. The summed E-state index contributed by atoms with van der Waals surface area (Å²) < 4.78 is 5.13. The van der Waals surface area contributed by atoms with E-state index in [1.807, 2.05) is 0 Å². The van der Waals surface area contributed by atoms with E-state index in [9.17, 15) is 9.59 Å². The average Bonchev–Trinajstić information content (AvgIpc) is 3.20. The summed E-state index contributed by atoms with van der Waals surface area (Å²) >= 11 is 0. The van der Waals surface area contributed by atoms with E-state index < -0.39 is 18.4 Å². The van der Waals surface area contributed by atoms with Crippen LogP contribution in [0.25, 0.3) is 11.1 Å². The third-order valence-corrected chi connectivity index (χ3v) is 3.28. The number of rotatable bonds is 4. The third kappa shape index (κ3) is 2.22. The molecule has 7 heteroatoms. The molecule has 1 saturated carbocycles.